The number of benzene rings is 1. The standard InChI is InChI=1S/C16H20FNO.ClH/c17-14-5-3-12(4-6-14)15(19)2-1-8-16-9-7-13(16)10-18-11-16;/h3-6,13,18H,1-2,7-11H2;1H. The van der Waals surface area contributed by atoms with Gasteiger partial charge in [0.1, 0.15) is 5.82 Å². The highest BCUT2D eigenvalue weighted by atomic mass is 35.5. The summed E-state index contributed by atoms with van der Waals surface area (Å²) < 4.78 is 12.8. The molecule has 2 aliphatic rings. The molecule has 1 aliphatic heterocycles. The highest BCUT2D eigenvalue weighted by Crippen LogP contribution is 2.52. The maximum atomic E-state index is 12.8. The lowest BCUT2D eigenvalue weighted by atomic mass is 9.60. The van der Waals surface area contributed by atoms with Crippen molar-refractivity contribution in [1.82, 2.24) is 5.32 Å². The maximum Gasteiger partial charge on any atom is 0.162 e. The van der Waals surface area contributed by atoms with E-state index in [1.54, 1.807) is 12.1 Å². The van der Waals surface area contributed by atoms with E-state index in [-0.39, 0.29) is 24.0 Å². The number of ketones is 1. The SMILES string of the molecule is Cl.O=C(CCCC12CCC1CNC2)c1ccc(F)cc1. The van der Waals surface area contributed by atoms with E-state index in [1.165, 1.54) is 25.0 Å². The number of nitrogens with one attached hydrogen (secondary N) is 1. The molecule has 1 saturated heterocycles. The molecule has 0 spiro atoms. The van der Waals surface area contributed by atoms with Crippen LogP contribution in [-0.2, 0) is 0 Å². The Morgan fingerprint density at radius 2 is 2.10 bits per heavy atom. The molecule has 110 valence electrons. The topological polar surface area (TPSA) is 29.1 Å². The van der Waals surface area contributed by atoms with Gasteiger partial charge in [-0.2, -0.15) is 0 Å². The molecule has 2 fully saturated rings. The molecule has 1 aromatic carbocycles. The van der Waals surface area contributed by atoms with Gasteiger partial charge in [0.2, 0.25) is 0 Å². The molecule has 2 atom stereocenters. The Balaban J connectivity index is 0.00000147. The van der Waals surface area contributed by atoms with Gasteiger partial charge in [0.25, 0.3) is 0 Å². The second-order valence-electron chi connectivity index (χ2n) is 6.01. The van der Waals surface area contributed by atoms with E-state index in [0.29, 0.717) is 17.4 Å². The fourth-order valence-corrected chi connectivity index (χ4v) is 3.60. The number of rotatable bonds is 5. The molecule has 1 saturated carbocycles. The van der Waals surface area contributed by atoms with Crippen LogP contribution in [0.5, 0.6) is 0 Å². The lowest BCUT2D eigenvalue weighted by molar-refractivity contribution is 0.0695. The van der Waals surface area contributed by atoms with Crippen LogP contribution in [0.25, 0.3) is 0 Å². The smallest absolute Gasteiger partial charge is 0.162 e. The largest absolute Gasteiger partial charge is 0.316 e. The van der Waals surface area contributed by atoms with Gasteiger partial charge >= 0.3 is 0 Å². The van der Waals surface area contributed by atoms with E-state index < -0.39 is 0 Å². The zero-order valence-corrected chi connectivity index (χ0v) is 12.3. The van der Waals surface area contributed by atoms with Gasteiger partial charge < -0.3 is 5.32 Å². The van der Waals surface area contributed by atoms with Crippen molar-refractivity contribution >= 4 is 18.2 Å². The number of hydrogen-bond acceptors (Lipinski definition) is 2. The molecule has 0 radical (unpaired) electrons. The first-order valence-corrected chi connectivity index (χ1v) is 7.19. The van der Waals surface area contributed by atoms with Crippen LogP contribution >= 0.6 is 12.4 Å². The normalized spacial score (nSPS) is 27.4. The van der Waals surface area contributed by atoms with Crippen LogP contribution in [0.1, 0.15) is 42.5 Å². The van der Waals surface area contributed by atoms with E-state index in [9.17, 15) is 9.18 Å². The highest BCUT2D eigenvalue weighted by molar-refractivity contribution is 5.95. The molecule has 2 nitrogen and oxygen atoms in total. The van der Waals surface area contributed by atoms with Crippen LogP contribution in [0.3, 0.4) is 0 Å². The van der Waals surface area contributed by atoms with Crippen LogP contribution in [0.15, 0.2) is 24.3 Å². The minimum atomic E-state index is -0.287. The highest BCUT2D eigenvalue weighted by Gasteiger charge is 2.48. The fourth-order valence-electron chi connectivity index (χ4n) is 3.60. The molecule has 1 aromatic rings. The van der Waals surface area contributed by atoms with E-state index >= 15 is 0 Å². The second kappa shape index (κ2) is 6.23. The fraction of sp³-hybridized carbons (Fsp3) is 0.562. The summed E-state index contributed by atoms with van der Waals surface area (Å²) in [6.07, 6.45) is 5.35. The van der Waals surface area contributed by atoms with Gasteiger partial charge in [-0.3, -0.25) is 4.79 Å². The van der Waals surface area contributed by atoms with E-state index in [4.69, 9.17) is 0 Å². The average molecular weight is 298 g/mol. The minimum Gasteiger partial charge on any atom is -0.316 e. The summed E-state index contributed by atoms with van der Waals surface area (Å²) in [7, 11) is 0. The molecule has 1 N–H and O–H groups in total. The molecule has 1 aliphatic carbocycles. The Bertz CT molecular complexity index is 476. The molecule has 0 amide bonds. The molecule has 0 bridgehead atoms. The summed E-state index contributed by atoms with van der Waals surface area (Å²) in [5, 5.41) is 3.47. The van der Waals surface area contributed by atoms with Gasteiger partial charge in [-0.05, 0) is 67.8 Å². The zero-order chi connectivity index (χ0) is 13.3. The third-order valence-electron chi connectivity index (χ3n) is 4.97. The van der Waals surface area contributed by atoms with Gasteiger partial charge in [0.15, 0.2) is 5.78 Å². The molecule has 2 unspecified atom stereocenters. The molecule has 1 heterocycles. The summed E-state index contributed by atoms with van der Waals surface area (Å²) in [6, 6.07) is 5.88. The van der Waals surface area contributed by atoms with Crippen LogP contribution in [0.4, 0.5) is 4.39 Å². The predicted octanol–water partition coefficient (Wildman–Crippen LogP) is 3.60. The van der Waals surface area contributed by atoms with Crippen molar-refractivity contribution in [3.63, 3.8) is 0 Å². The second-order valence-corrected chi connectivity index (χ2v) is 6.01. The number of hydrogen-bond donors (Lipinski definition) is 1. The number of Topliss-reactive ketones (excluding diaryl/α,β-unsaturated/α-hetero) is 1. The Hall–Kier alpha value is -0.930. The lowest BCUT2D eigenvalue weighted by Gasteiger charge is -2.44. The first kappa shape index (κ1) is 15.5. The molecular weight excluding hydrogens is 277 g/mol. The molecule has 0 aromatic heterocycles. The number of carbonyl (C=O) groups excluding carboxylic acids is 1. The predicted molar refractivity (Wildman–Crippen MR) is 79.9 cm³/mol. The Kier molecular flexibility index (Phi) is 4.82. The summed E-state index contributed by atoms with van der Waals surface area (Å²) in [4.78, 5) is 12.0. The van der Waals surface area contributed by atoms with Gasteiger partial charge in [0, 0.05) is 18.5 Å². The van der Waals surface area contributed by atoms with Crippen molar-refractivity contribution in [3.05, 3.63) is 35.6 Å². The number of fused-ring (bicyclic) bond motifs is 1. The van der Waals surface area contributed by atoms with E-state index in [1.807, 2.05) is 0 Å². The van der Waals surface area contributed by atoms with Crippen molar-refractivity contribution in [3.8, 4) is 0 Å². The van der Waals surface area contributed by atoms with Crippen molar-refractivity contribution in [2.45, 2.75) is 32.1 Å². The van der Waals surface area contributed by atoms with Crippen LogP contribution in [-0.4, -0.2) is 18.9 Å². The summed E-state index contributed by atoms with van der Waals surface area (Å²) in [5.41, 5.74) is 1.12. The Morgan fingerprint density at radius 3 is 2.70 bits per heavy atom. The first-order chi connectivity index (χ1) is 9.20. The monoisotopic (exact) mass is 297 g/mol. The van der Waals surface area contributed by atoms with Gasteiger partial charge in [0.05, 0.1) is 0 Å². The van der Waals surface area contributed by atoms with Crippen LogP contribution < -0.4 is 5.32 Å². The molecular formula is C16H21ClFNO. The van der Waals surface area contributed by atoms with E-state index in [2.05, 4.69) is 5.32 Å². The Morgan fingerprint density at radius 1 is 1.35 bits per heavy atom. The lowest BCUT2D eigenvalue weighted by Crippen LogP contribution is -2.39. The zero-order valence-electron chi connectivity index (χ0n) is 11.5. The summed E-state index contributed by atoms with van der Waals surface area (Å²) >= 11 is 0. The minimum absolute atomic E-state index is 0. The molecule has 4 heteroatoms. The van der Waals surface area contributed by atoms with Crippen molar-refractivity contribution in [2.75, 3.05) is 13.1 Å². The van der Waals surface area contributed by atoms with Crippen LogP contribution in [0, 0.1) is 17.2 Å². The quantitative estimate of drug-likeness (QED) is 0.841. The average Bonchev–Trinajstić information content (AvgIpc) is 2.67. The van der Waals surface area contributed by atoms with Crippen molar-refractivity contribution < 1.29 is 9.18 Å². The van der Waals surface area contributed by atoms with Gasteiger partial charge in [-0.1, -0.05) is 0 Å². The maximum absolute atomic E-state index is 12.8. The van der Waals surface area contributed by atoms with Gasteiger partial charge in [-0.25, -0.2) is 4.39 Å². The van der Waals surface area contributed by atoms with Crippen LogP contribution in [0.2, 0.25) is 0 Å². The van der Waals surface area contributed by atoms with Crippen molar-refractivity contribution in [2.24, 2.45) is 11.3 Å². The number of halogens is 2. The molecule has 3 rings (SSSR count). The first-order valence-electron chi connectivity index (χ1n) is 7.19. The summed E-state index contributed by atoms with van der Waals surface area (Å²) in [5.74, 6) is 0.691. The van der Waals surface area contributed by atoms with Crippen molar-refractivity contribution in [1.29, 1.82) is 0 Å². The Labute approximate surface area is 125 Å². The molecule has 20 heavy (non-hydrogen) atoms. The number of carbonyl (C=O) groups is 1. The third-order valence-corrected chi connectivity index (χ3v) is 4.97. The van der Waals surface area contributed by atoms with Gasteiger partial charge in [-0.15, -0.1) is 12.4 Å². The third kappa shape index (κ3) is 2.89. The van der Waals surface area contributed by atoms with E-state index in [0.717, 1.165) is 31.8 Å². The summed E-state index contributed by atoms with van der Waals surface area (Å²) in [6.45, 7) is 2.29.